The number of hydrogen-bond acceptors (Lipinski definition) is 8. The number of benzene rings is 3. The van der Waals surface area contributed by atoms with Crippen LogP contribution in [-0.4, -0.2) is 41.6 Å². The average Bonchev–Trinajstić information content (AvgIpc) is 3.48. The van der Waals surface area contributed by atoms with Crippen molar-refractivity contribution in [3.63, 3.8) is 0 Å². The lowest BCUT2D eigenvalue weighted by Crippen LogP contribution is -2.29. The number of hydrogen-bond donors (Lipinski definition) is 1. The highest BCUT2D eigenvalue weighted by Gasteiger charge is 2.48. The third kappa shape index (κ3) is 5.25. The summed E-state index contributed by atoms with van der Waals surface area (Å²) in [5.41, 5.74) is 3.76. The number of ketones is 1. The number of aliphatic hydroxyl groups excluding tert-OH is 1. The first-order chi connectivity index (χ1) is 19.8. The molecule has 1 N–H and O–H groups in total. The molecule has 1 aromatic heterocycles. The predicted octanol–water partition coefficient (Wildman–Crippen LogP) is 6.74. The van der Waals surface area contributed by atoms with E-state index in [1.165, 1.54) is 16.2 Å². The van der Waals surface area contributed by atoms with E-state index in [4.69, 9.17) is 19.2 Å². The van der Waals surface area contributed by atoms with E-state index in [1.807, 2.05) is 46.8 Å². The molecule has 0 aliphatic carbocycles. The quantitative estimate of drug-likeness (QED) is 0.135. The van der Waals surface area contributed by atoms with Crippen molar-refractivity contribution in [3.05, 3.63) is 82.4 Å². The van der Waals surface area contributed by atoms with Gasteiger partial charge in [0, 0.05) is 5.56 Å². The minimum atomic E-state index is -0.946. The third-order valence-corrected chi connectivity index (χ3v) is 7.79. The highest BCUT2D eigenvalue weighted by molar-refractivity contribution is 7.22. The summed E-state index contributed by atoms with van der Waals surface area (Å²) in [4.78, 5) is 33.5. The van der Waals surface area contributed by atoms with Crippen LogP contribution in [0.1, 0.15) is 49.1 Å². The lowest BCUT2D eigenvalue weighted by atomic mass is 9.95. The van der Waals surface area contributed by atoms with Crippen LogP contribution >= 0.6 is 11.3 Å². The van der Waals surface area contributed by atoms with Crippen molar-refractivity contribution in [2.45, 2.75) is 40.7 Å². The first kappa shape index (κ1) is 28.2. The van der Waals surface area contributed by atoms with E-state index in [0.29, 0.717) is 53.3 Å². The lowest BCUT2D eigenvalue weighted by Gasteiger charge is -2.24. The molecule has 0 radical (unpaired) electrons. The standard InChI is InChI=1S/C32H32N2O6S/c1-6-38-22-12-9-20(10-13-22)29(35)26-28(21-11-14-23(39-7-2)24(17-21)40-8-3)34(31(37)30(26)36)32-33-27-19(5)15-18(4)16-25(27)41-32/h9-17,28,35H,6-8H2,1-5H3/b29-26+. The van der Waals surface area contributed by atoms with E-state index in [1.54, 1.807) is 42.5 Å². The summed E-state index contributed by atoms with van der Waals surface area (Å²) >= 11 is 1.33. The molecule has 5 rings (SSSR count). The summed E-state index contributed by atoms with van der Waals surface area (Å²) in [5.74, 6) is -0.169. The van der Waals surface area contributed by atoms with Gasteiger partial charge in [-0.3, -0.25) is 14.5 Å². The maximum Gasteiger partial charge on any atom is 0.301 e. The molecule has 1 aliphatic rings. The van der Waals surface area contributed by atoms with Gasteiger partial charge in [0.15, 0.2) is 16.6 Å². The second kappa shape index (κ2) is 11.6. The van der Waals surface area contributed by atoms with Gasteiger partial charge in [-0.1, -0.05) is 23.5 Å². The number of carbonyl (C=O) groups is 2. The number of aromatic nitrogens is 1. The number of nitrogens with zero attached hydrogens (tertiary/aromatic N) is 2. The topological polar surface area (TPSA) is 98.2 Å². The van der Waals surface area contributed by atoms with Crippen molar-refractivity contribution in [2.75, 3.05) is 24.7 Å². The van der Waals surface area contributed by atoms with Gasteiger partial charge < -0.3 is 19.3 Å². The zero-order valence-corrected chi connectivity index (χ0v) is 24.5. The number of ether oxygens (including phenoxy) is 3. The van der Waals surface area contributed by atoms with Gasteiger partial charge in [-0.25, -0.2) is 4.98 Å². The molecule has 212 valence electrons. The fourth-order valence-electron chi connectivity index (χ4n) is 5.08. The predicted molar refractivity (Wildman–Crippen MR) is 160 cm³/mol. The second-order valence-corrected chi connectivity index (χ2v) is 10.6. The Morgan fingerprint density at radius 2 is 1.59 bits per heavy atom. The molecule has 0 saturated carbocycles. The lowest BCUT2D eigenvalue weighted by molar-refractivity contribution is -0.132. The monoisotopic (exact) mass is 572 g/mol. The average molecular weight is 573 g/mol. The largest absolute Gasteiger partial charge is 0.507 e. The Morgan fingerprint density at radius 3 is 2.27 bits per heavy atom. The van der Waals surface area contributed by atoms with Crippen molar-refractivity contribution in [1.82, 2.24) is 4.98 Å². The molecule has 9 heteroatoms. The molecule has 0 bridgehead atoms. The summed E-state index contributed by atoms with van der Waals surface area (Å²) in [6.45, 7) is 10.9. The Kier molecular flexibility index (Phi) is 7.99. The van der Waals surface area contributed by atoms with Crippen LogP contribution in [0.2, 0.25) is 0 Å². The van der Waals surface area contributed by atoms with Crippen molar-refractivity contribution in [3.8, 4) is 17.2 Å². The maximum absolute atomic E-state index is 13.7. The van der Waals surface area contributed by atoms with Gasteiger partial charge in [0.2, 0.25) is 0 Å². The Balaban J connectivity index is 1.72. The molecular formula is C32H32N2O6S. The van der Waals surface area contributed by atoms with E-state index in [-0.39, 0.29) is 11.3 Å². The molecule has 1 atom stereocenters. The fraction of sp³-hybridized carbons (Fsp3) is 0.281. The summed E-state index contributed by atoms with van der Waals surface area (Å²) in [6.07, 6.45) is 0. The van der Waals surface area contributed by atoms with Gasteiger partial charge in [-0.2, -0.15) is 0 Å². The van der Waals surface area contributed by atoms with Crippen LogP contribution in [0.25, 0.3) is 16.0 Å². The van der Waals surface area contributed by atoms with Crippen LogP contribution in [0.4, 0.5) is 5.13 Å². The highest BCUT2D eigenvalue weighted by Crippen LogP contribution is 2.46. The Hall–Kier alpha value is -4.37. The SMILES string of the molecule is CCOc1ccc(/C(O)=C2\C(=O)C(=O)N(c3nc4c(C)cc(C)cc4s3)C2c2ccc(OCC)c(OCC)c2)cc1. The smallest absolute Gasteiger partial charge is 0.301 e. The maximum atomic E-state index is 13.7. The first-order valence-electron chi connectivity index (χ1n) is 13.6. The number of fused-ring (bicyclic) bond motifs is 1. The van der Waals surface area contributed by atoms with Gasteiger partial charge in [0.05, 0.1) is 41.7 Å². The number of Topliss-reactive ketones (excluding diaryl/α,β-unsaturated/α-hetero) is 1. The van der Waals surface area contributed by atoms with Crippen LogP contribution in [0, 0.1) is 13.8 Å². The number of aryl methyl sites for hydroxylation is 2. The number of aliphatic hydroxyl groups is 1. The normalized spacial score (nSPS) is 16.4. The van der Waals surface area contributed by atoms with Crippen LogP contribution in [0.5, 0.6) is 17.2 Å². The van der Waals surface area contributed by atoms with Gasteiger partial charge >= 0.3 is 5.91 Å². The molecule has 1 saturated heterocycles. The van der Waals surface area contributed by atoms with E-state index in [2.05, 4.69) is 0 Å². The van der Waals surface area contributed by atoms with Crippen molar-refractivity contribution in [1.29, 1.82) is 0 Å². The van der Waals surface area contributed by atoms with Gasteiger partial charge in [-0.05, 0) is 93.8 Å². The zero-order valence-electron chi connectivity index (χ0n) is 23.7. The summed E-state index contributed by atoms with van der Waals surface area (Å²) in [6, 6.07) is 15.2. The zero-order chi connectivity index (χ0) is 29.3. The second-order valence-electron chi connectivity index (χ2n) is 9.62. The molecule has 1 amide bonds. The van der Waals surface area contributed by atoms with E-state index in [9.17, 15) is 14.7 Å². The number of anilines is 1. The van der Waals surface area contributed by atoms with Crippen LogP contribution in [0.3, 0.4) is 0 Å². The molecular weight excluding hydrogens is 540 g/mol. The van der Waals surface area contributed by atoms with E-state index < -0.39 is 17.7 Å². The minimum absolute atomic E-state index is 0.0297. The van der Waals surface area contributed by atoms with Crippen molar-refractivity contribution in [2.24, 2.45) is 0 Å². The van der Waals surface area contributed by atoms with Crippen molar-refractivity contribution >= 4 is 44.1 Å². The highest BCUT2D eigenvalue weighted by atomic mass is 32.1. The van der Waals surface area contributed by atoms with Gasteiger partial charge in [-0.15, -0.1) is 0 Å². The summed E-state index contributed by atoms with van der Waals surface area (Å²) in [5, 5.41) is 11.9. The molecule has 41 heavy (non-hydrogen) atoms. The summed E-state index contributed by atoms with van der Waals surface area (Å²) < 4.78 is 18.0. The third-order valence-electron chi connectivity index (χ3n) is 6.79. The molecule has 0 spiro atoms. The number of carbonyl (C=O) groups excluding carboxylic acids is 2. The minimum Gasteiger partial charge on any atom is -0.507 e. The number of amides is 1. The Labute approximate surface area is 242 Å². The Morgan fingerprint density at radius 1 is 0.902 bits per heavy atom. The van der Waals surface area contributed by atoms with Crippen molar-refractivity contribution < 1.29 is 28.9 Å². The number of thiazole rings is 1. The van der Waals surface area contributed by atoms with Gasteiger partial charge in [0.1, 0.15) is 11.5 Å². The molecule has 8 nitrogen and oxygen atoms in total. The summed E-state index contributed by atoms with van der Waals surface area (Å²) in [7, 11) is 0. The van der Waals surface area contributed by atoms with Crippen LogP contribution in [0.15, 0.2) is 60.2 Å². The van der Waals surface area contributed by atoms with Gasteiger partial charge in [0.25, 0.3) is 5.78 Å². The fourth-order valence-corrected chi connectivity index (χ4v) is 6.24. The molecule has 1 fully saturated rings. The molecule has 1 aliphatic heterocycles. The van der Waals surface area contributed by atoms with E-state index >= 15 is 0 Å². The number of rotatable bonds is 9. The van der Waals surface area contributed by atoms with Crippen LogP contribution < -0.4 is 19.1 Å². The van der Waals surface area contributed by atoms with Crippen LogP contribution in [-0.2, 0) is 9.59 Å². The first-order valence-corrected chi connectivity index (χ1v) is 14.4. The molecule has 1 unspecified atom stereocenters. The molecule has 3 aromatic carbocycles. The molecule has 4 aromatic rings. The Bertz CT molecular complexity index is 1660. The molecule has 2 heterocycles. The van der Waals surface area contributed by atoms with E-state index in [0.717, 1.165) is 21.3 Å².